The summed E-state index contributed by atoms with van der Waals surface area (Å²) >= 11 is 5.90. The Bertz CT molecular complexity index is 946. The van der Waals surface area contributed by atoms with Crippen molar-refractivity contribution in [3.63, 3.8) is 0 Å². The number of benzene rings is 1. The van der Waals surface area contributed by atoms with Gasteiger partial charge in [-0.3, -0.25) is 4.79 Å². The van der Waals surface area contributed by atoms with Gasteiger partial charge in [-0.2, -0.15) is 0 Å². The van der Waals surface area contributed by atoms with Gasteiger partial charge in [0, 0.05) is 5.02 Å². The predicted molar refractivity (Wildman–Crippen MR) is 78.9 cm³/mol. The molecular formula is C15H10ClNO4. The lowest BCUT2D eigenvalue weighted by Gasteiger charge is -2.06. The van der Waals surface area contributed by atoms with E-state index in [0.717, 1.165) is 0 Å². The van der Waals surface area contributed by atoms with E-state index in [1.165, 1.54) is 19.2 Å². The molecule has 0 aliphatic rings. The van der Waals surface area contributed by atoms with Gasteiger partial charge in [0.1, 0.15) is 5.58 Å². The van der Waals surface area contributed by atoms with Crippen LogP contribution in [0.3, 0.4) is 0 Å². The molecule has 106 valence electrons. The van der Waals surface area contributed by atoms with E-state index in [1.807, 2.05) is 0 Å². The zero-order chi connectivity index (χ0) is 15.1. The summed E-state index contributed by atoms with van der Waals surface area (Å²) in [5.74, 6) is -0.549. The first-order chi connectivity index (χ1) is 10.0. The van der Waals surface area contributed by atoms with E-state index in [9.17, 15) is 9.59 Å². The molecule has 2 heterocycles. The predicted octanol–water partition coefficient (Wildman–Crippen LogP) is 3.09. The molecule has 0 saturated heterocycles. The number of ether oxygens (including phenoxy) is 1. The maximum atomic E-state index is 12.5. The van der Waals surface area contributed by atoms with Crippen LogP contribution in [-0.2, 0) is 4.74 Å². The molecule has 0 saturated carbocycles. The van der Waals surface area contributed by atoms with Crippen LogP contribution in [0.15, 0.2) is 33.5 Å². The molecule has 0 aliphatic heterocycles. The maximum Gasteiger partial charge on any atom is 0.339 e. The van der Waals surface area contributed by atoms with Crippen molar-refractivity contribution >= 4 is 39.6 Å². The molecule has 3 rings (SSSR count). The molecule has 0 amide bonds. The van der Waals surface area contributed by atoms with Crippen LogP contribution in [0.2, 0.25) is 5.02 Å². The number of halogens is 1. The largest absolute Gasteiger partial charge is 0.465 e. The van der Waals surface area contributed by atoms with Gasteiger partial charge in [-0.05, 0) is 31.2 Å². The van der Waals surface area contributed by atoms with Crippen molar-refractivity contribution in [2.45, 2.75) is 6.92 Å². The van der Waals surface area contributed by atoms with Crippen LogP contribution in [0.5, 0.6) is 0 Å². The first-order valence-corrected chi connectivity index (χ1v) is 6.51. The highest BCUT2D eigenvalue weighted by Crippen LogP contribution is 2.22. The van der Waals surface area contributed by atoms with Crippen LogP contribution < -0.4 is 5.43 Å². The molecule has 21 heavy (non-hydrogen) atoms. The summed E-state index contributed by atoms with van der Waals surface area (Å²) in [7, 11) is 1.27. The van der Waals surface area contributed by atoms with Crippen LogP contribution in [0, 0.1) is 6.92 Å². The molecule has 0 bridgehead atoms. The van der Waals surface area contributed by atoms with Crippen LogP contribution >= 0.6 is 11.6 Å². The number of aryl methyl sites for hydroxylation is 1. The lowest BCUT2D eigenvalue weighted by molar-refractivity contribution is 0.0599. The second-order valence-electron chi connectivity index (χ2n) is 4.54. The van der Waals surface area contributed by atoms with Gasteiger partial charge in [-0.1, -0.05) is 11.6 Å². The highest BCUT2D eigenvalue weighted by molar-refractivity contribution is 6.31. The fourth-order valence-electron chi connectivity index (χ4n) is 2.16. The molecule has 0 unspecified atom stereocenters. The maximum absolute atomic E-state index is 12.5. The molecule has 3 aromatic rings. The van der Waals surface area contributed by atoms with Gasteiger partial charge < -0.3 is 9.15 Å². The molecule has 5 nitrogen and oxygen atoms in total. The summed E-state index contributed by atoms with van der Waals surface area (Å²) < 4.78 is 10.3. The summed E-state index contributed by atoms with van der Waals surface area (Å²) in [4.78, 5) is 28.4. The fraction of sp³-hybridized carbons (Fsp3) is 0.133. The molecule has 2 aromatic heterocycles. The van der Waals surface area contributed by atoms with E-state index < -0.39 is 5.97 Å². The number of pyridine rings is 1. The molecule has 1 aromatic carbocycles. The van der Waals surface area contributed by atoms with Crippen LogP contribution in [0.1, 0.15) is 16.1 Å². The Morgan fingerprint density at radius 1 is 1.29 bits per heavy atom. The highest BCUT2D eigenvalue weighted by atomic mass is 35.5. The van der Waals surface area contributed by atoms with E-state index in [2.05, 4.69) is 9.72 Å². The van der Waals surface area contributed by atoms with Crippen molar-refractivity contribution in [2.75, 3.05) is 7.11 Å². The zero-order valence-electron chi connectivity index (χ0n) is 11.3. The van der Waals surface area contributed by atoms with Crippen molar-refractivity contribution in [2.24, 2.45) is 0 Å². The van der Waals surface area contributed by atoms with Gasteiger partial charge in [0.15, 0.2) is 0 Å². The topological polar surface area (TPSA) is 69.4 Å². The molecular weight excluding hydrogens is 294 g/mol. The summed E-state index contributed by atoms with van der Waals surface area (Å²) in [6, 6.07) is 6.22. The van der Waals surface area contributed by atoms with Crippen molar-refractivity contribution in [3.05, 3.63) is 50.8 Å². The quantitative estimate of drug-likeness (QED) is 0.510. The number of methoxy groups -OCH3 is 1. The van der Waals surface area contributed by atoms with Crippen molar-refractivity contribution in [1.29, 1.82) is 0 Å². The van der Waals surface area contributed by atoms with Crippen LogP contribution in [0.4, 0.5) is 0 Å². The summed E-state index contributed by atoms with van der Waals surface area (Å²) in [5.41, 5.74) is 0.963. The van der Waals surface area contributed by atoms with Crippen LogP contribution in [0.25, 0.3) is 22.1 Å². The Morgan fingerprint density at radius 2 is 2.05 bits per heavy atom. The lowest BCUT2D eigenvalue weighted by atomic mass is 10.1. The van der Waals surface area contributed by atoms with Gasteiger partial charge in [-0.25, -0.2) is 9.78 Å². The minimum Gasteiger partial charge on any atom is -0.465 e. The second-order valence-corrected chi connectivity index (χ2v) is 4.97. The molecule has 0 spiro atoms. The monoisotopic (exact) mass is 303 g/mol. The lowest BCUT2D eigenvalue weighted by Crippen LogP contribution is -2.09. The number of nitrogens with zero attached hydrogens (tertiary/aromatic N) is 1. The molecule has 0 aliphatic carbocycles. The normalized spacial score (nSPS) is 11.0. The number of rotatable bonds is 1. The SMILES string of the molecule is COC(=O)c1cc2c(=O)c3cc(Cl)ccc3oc2nc1C. The van der Waals surface area contributed by atoms with E-state index in [4.69, 9.17) is 16.0 Å². The highest BCUT2D eigenvalue weighted by Gasteiger charge is 2.16. The van der Waals surface area contributed by atoms with Gasteiger partial charge in [-0.15, -0.1) is 0 Å². The van der Waals surface area contributed by atoms with Gasteiger partial charge >= 0.3 is 5.97 Å². The first-order valence-electron chi connectivity index (χ1n) is 6.13. The average molecular weight is 304 g/mol. The summed E-state index contributed by atoms with van der Waals surface area (Å²) in [6.45, 7) is 1.65. The van der Waals surface area contributed by atoms with Crippen molar-refractivity contribution in [1.82, 2.24) is 4.98 Å². The number of fused-ring (bicyclic) bond motifs is 2. The number of carbonyl (C=O) groups excluding carboxylic acids is 1. The summed E-state index contributed by atoms with van der Waals surface area (Å²) in [5, 5.41) is 0.995. The smallest absolute Gasteiger partial charge is 0.339 e. The second kappa shape index (κ2) is 4.86. The zero-order valence-corrected chi connectivity index (χ0v) is 12.0. The third-order valence-electron chi connectivity index (χ3n) is 3.22. The number of aromatic nitrogens is 1. The van der Waals surface area contributed by atoms with Crippen molar-refractivity contribution < 1.29 is 13.9 Å². The average Bonchev–Trinajstić information content (AvgIpc) is 2.47. The number of carbonyl (C=O) groups is 1. The van der Waals surface area contributed by atoms with Gasteiger partial charge in [0.2, 0.25) is 11.1 Å². The Hall–Kier alpha value is -2.40. The number of hydrogen-bond donors (Lipinski definition) is 0. The van der Waals surface area contributed by atoms with E-state index in [-0.39, 0.29) is 22.1 Å². The third-order valence-corrected chi connectivity index (χ3v) is 3.46. The minimum absolute atomic E-state index is 0.181. The fourth-order valence-corrected chi connectivity index (χ4v) is 2.33. The molecule has 6 heteroatoms. The van der Waals surface area contributed by atoms with E-state index in [0.29, 0.717) is 21.7 Å². The van der Waals surface area contributed by atoms with Gasteiger partial charge in [0.05, 0.1) is 29.1 Å². The van der Waals surface area contributed by atoms with E-state index >= 15 is 0 Å². The van der Waals surface area contributed by atoms with Gasteiger partial charge in [0.25, 0.3) is 0 Å². The molecule has 0 atom stereocenters. The molecule has 0 fully saturated rings. The third kappa shape index (κ3) is 2.15. The number of esters is 1. The van der Waals surface area contributed by atoms with E-state index in [1.54, 1.807) is 19.1 Å². The molecule has 0 N–H and O–H groups in total. The Labute approximate surface area is 124 Å². The van der Waals surface area contributed by atoms with Crippen molar-refractivity contribution in [3.8, 4) is 0 Å². The number of hydrogen-bond acceptors (Lipinski definition) is 5. The van der Waals surface area contributed by atoms with Crippen LogP contribution in [-0.4, -0.2) is 18.1 Å². The Balaban J connectivity index is 2.44. The first kappa shape index (κ1) is 13.6. The Morgan fingerprint density at radius 3 is 2.76 bits per heavy atom. The standard InChI is InChI=1S/C15H10ClNO4/c1-7-9(15(19)20-2)6-11-13(18)10-5-8(16)3-4-12(10)21-14(11)17-7/h3-6H,1-2H3. The summed E-state index contributed by atoms with van der Waals surface area (Å²) in [6.07, 6.45) is 0. The Kier molecular flexibility index (Phi) is 3.14. The minimum atomic E-state index is -0.549. The molecule has 0 radical (unpaired) electrons.